The Kier molecular flexibility index (Phi) is 7.61. The van der Waals surface area contributed by atoms with E-state index in [4.69, 9.17) is 9.15 Å². The summed E-state index contributed by atoms with van der Waals surface area (Å²) in [5, 5.41) is 3.00. The van der Waals surface area contributed by atoms with Crippen LogP contribution >= 0.6 is 0 Å². The molecule has 1 N–H and O–H groups in total. The first kappa shape index (κ1) is 23.9. The summed E-state index contributed by atoms with van der Waals surface area (Å²) in [6.45, 7) is 7.72. The van der Waals surface area contributed by atoms with Gasteiger partial charge in [0.2, 0.25) is 5.91 Å². The van der Waals surface area contributed by atoms with Crippen molar-refractivity contribution >= 4 is 23.2 Å². The minimum Gasteiger partial charge on any atom is -0.459 e. The minimum atomic E-state index is -0.169. The summed E-state index contributed by atoms with van der Waals surface area (Å²) < 4.78 is 11.2. The van der Waals surface area contributed by atoms with Crippen LogP contribution in [0.5, 0.6) is 0 Å². The fourth-order valence-electron chi connectivity index (χ4n) is 3.93. The molecule has 7 nitrogen and oxygen atoms in total. The molecule has 1 aliphatic heterocycles. The Balaban J connectivity index is 1.85. The van der Waals surface area contributed by atoms with E-state index in [0.29, 0.717) is 25.3 Å². The van der Waals surface area contributed by atoms with Gasteiger partial charge in [0.15, 0.2) is 5.76 Å². The van der Waals surface area contributed by atoms with E-state index in [9.17, 15) is 9.59 Å². The Bertz CT molecular complexity index is 910. The molecule has 0 saturated carbocycles. The van der Waals surface area contributed by atoms with Crippen molar-refractivity contribution in [2.45, 2.75) is 52.7 Å². The molecule has 174 valence electrons. The molecule has 0 bridgehead atoms. The van der Waals surface area contributed by atoms with Gasteiger partial charge < -0.3 is 24.3 Å². The highest BCUT2D eigenvalue weighted by Crippen LogP contribution is 2.27. The number of rotatable bonds is 8. The largest absolute Gasteiger partial charge is 0.459 e. The summed E-state index contributed by atoms with van der Waals surface area (Å²) >= 11 is 0. The quantitative estimate of drug-likeness (QED) is 0.651. The number of nitrogens with one attached hydrogen (secondary N) is 1. The van der Waals surface area contributed by atoms with Crippen LogP contribution in [0.25, 0.3) is 0 Å². The number of carbonyl (C=O) groups is 2. The Morgan fingerprint density at radius 2 is 1.97 bits per heavy atom. The topological polar surface area (TPSA) is 75.0 Å². The summed E-state index contributed by atoms with van der Waals surface area (Å²) in [6.07, 6.45) is 3.90. The van der Waals surface area contributed by atoms with Crippen molar-refractivity contribution in [3.05, 3.63) is 47.9 Å². The van der Waals surface area contributed by atoms with Gasteiger partial charge in [-0.3, -0.25) is 9.59 Å². The molecular formula is C25H35N3O4. The Morgan fingerprint density at radius 3 is 2.56 bits per heavy atom. The predicted octanol–water partition coefficient (Wildman–Crippen LogP) is 4.54. The van der Waals surface area contributed by atoms with Crippen molar-refractivity contribution < 1.29 is 18.7 Å². The van der Waals surface area contributed by atoms with Crippen LogP contribution < -0.4 is 10.2 Å². The van der Waals surface area contributed by atoms with Crippen LogP contribution in [0.15, 0.2) is 41.0 Å². The van der Waals surface area contributed by atoms with E-state index in [1.54, 1.807) is 17.0 Å². The zero-order chi connectivity index (χ0) is 23.3. The van der Waals surface area contributed by atoms with Crippen LogP contribution in [0.1, 0.15) is 56.2 Å². The summed E-state index contributed by atoms with van der Waals surface area (Å²) in [6, 6.07) is 9.23. The molecule has 0 radical (unpaired) electrons. The van der Waals surface area contributed by atoms with Crippen LogP contribution in [0.4, 0.5) is 11.4 Å². The average Bonchev–Trinajstić information content (AvgIpc) is 3.39. The molecule has 2 amide bonds. The molecule has 2 aromatic rings. The lowest BCUT2D eigenvalue weighted by Gasteiger charge is -2.27. The van der Waals surface area contributed by atoms with Gasteiger partial charge in [-0.05, 0) is 54.2 Å². The van der Waals surface area contributed by atoms with Gasteiger partial charge in [0.05, 0.1) is 12.4 Å². The lowest BCUT2D eigenvalue weighted by molar-refractivity contribution is -0.117. The van der Waals surface area contributed by atoms with E-state index in [1.165, 1.54) is 6.26 Å². The molecule has 1 aromatic heterocycles. The molecular weight excluding hydrogens is 406 g/mol. The number of benzene rings is 1. The number of carbonyl (C=O) groups excluding carboxylic acids is 2. The van der Waals surface area contributed by atoms with Crippen LogP contribution in [0.3, 0.4) is 0 Å². The lowest BCUT2D eigenvalue weighted by atomic mass is 9.92. The monoisotopic (exact) mass is 441 g/mol. The molecule has 2 heterocycles. The van der Waals surface area contributed by atoms with Crippen molar-refractivity contribution in [2.75, 3.05) is 37.5 Å². The molecule has 3 rings (SSSR count). The zero-order valence-electron chi connectivity index (χ0n) is 19.8. The summed E-state index contributed by atoms with van der Waals surface area (Å²) in [5.74, 6) is 0.116. The van der Waals surface area contributed by atoms with E-state index in [-0.39, 0.29) is 23.3 Å². The third kappa shape index (κ3) is 6.60. The highest BCUT2D eigenvalue weighted by Gasteiger charge is 2.26. The first-order valence-electron chi connectivity index (χ1n) is 11.2. The van der Waals surface area contributed by atoms with E-state index in [1.807, 2.05) is 58.0 Å². The number of ether oxygens (including phenoxy) is 1. The molecule has 1 atom stereocenters. The normalized spacial score (nSPS) is 16.1. The molecule has 1 aromatic carbocycles. The van der Waals surface area contributed by atoms with E-state index in [0.717, 1.165) is 36.4 Å². The Labute approximate surface area is 190 Å². The maximum atomic E-state index is 13.2. The summed E-state index contributed by atoms with van der Waals surface area (Å²) in [4.78, 5) is 29.4. The van der Waals surface area contributed by atoms with Crippen LogP contribution in [-0.2, 0) is 16.1 Å². The minimum absolute atomic E-state index is 0.0198. The molecule has 1 saturated heterocycles. The van der Waals surface area contributed by atoms with Gasteiger partial charge in [-0.2, -0.15) is 0 Å². The standard InChI is InChI=1S/C25H35N3O4/c1-25(2,3)15-23(29)26-19-10-11-21(27(4)5)18(14-19)16-28(17-20-8-6-12-31-20)24(30)22-9-7-13-32-22/h7,9-11,13-14,20H,6,8,12,15-17H2,1-5H3,(H,26,29). The molecule has 1 fully saturated rings. The van der Waals surface area contributed by atoms with Crippen molar-refractivity contribution in [3.8, 4) is 0 Å². The molecule has 32 heavy (non-hydrogen) atoms. The SMILES string of the molecule is CN(C)c1ccc(NC(=O)CC(C)(C)C)cc1CN(CC1CCCO1)C(=O)c1ccco1. The van der Waals surface area contributed by atoms with Gasteiger partial charge in [-0.15, -0.1) is 0 Å². The van der Waals surface area contributed by atoms with Crippen molar-refractivity contribution in [3.63, 3.8) is 0 Å². The molecule has 0 aliphatic carbocycles. The average molecular weight is 442 g/mol. The van der Waals surface area contributed by atoms with Crippen LogP contribution in [-0.4, -0.2) is 50.1 Å². The van der Waals surface area contributed by atoms with Crippen molar-refractivity contribution in [1.82, 2.24) is 4.90 Å². The van der Waals surface area contributed by atoms with Crippen molar-refractivity contribution in [2.24, 2.45) is 5.41 Å². The highest BCUT2D eigenvalue weighted by atomic mass is 16.5. The van der Waals surface area contributed by atoms with Crippen LogP contribution in [0, 0.1) is 5.41 Å². The first-order chi connectivity index (χ1) is 15.1. The third-order valence-corrected chi connectivity index (χ3v) is 5.36. The fraction of sp³-hybridized carbons (Fsp3) is 0.520. The highest BCUT2D eigenvalue weighted by molar-refractivity contribution is 5.92. The van der Waals surface area contributed by atoms with Gasteiger partial charge >= 0.3 is 0 Å². The van der Waals surface area contributed by atoms with Crippen molar-refractivity contribution in [1.29, 1.82) is 0 Å². The Hall–Kier alpha value is -2.80. The number of anilines is 2. The fourth-order valence-corrected chi connectivity index (χ4v) is 3.93. The smallest absolute Gasteiger partial charge is 0.289 e. The molecule has 7 heteroatoms. The maximum Gasteiger partial charge on any atom is 0.289 e. The second-order valence-electron chi connectivity index (χ2n) is 9.82. The van der Waals surface area contributed by atoms with E-state index >= 15 is 0 Å². The predicted molar refractivity (Wildman–Crippen MR) is 126 cm³/mol. The third-order valence-electron chi connectivity index (χ3n) is 5.36. The maximum absolute atomic E-state index is 13.2. The number of hydrogen-bond donors (Lipinski definition) is 1. The number of furan rings is 1. The first-order valence-corrected chi connectivity index (χ1v) is 11.2. The van der Waals surface area contributed by atoms with E-state index in [2.05, 4.69) is 5.32 Å². The summed E-state index contributed by atoms with van der Waals surface area (Å²) in [7, 11) is 3.94. The molecule has 1 aliphatic rings. The van der Waals surface area contributed by atoms with Gasteiger partial charge in [0.1, 0.15) is 0 Å². The van der Waals surface area contributed by atoms with Gasteiger partial charge in [-0.1, -0.05) is 20.8 Å². The van der Waals surface area contributed by atoms with Gasteiger partial charge in [-0.25, -0.2) is 0 Å². The van der Waals surface area contributed by atoms with Crippen LogP contribution in [0.2, 0.25) is 0 Å². The zero-order valence-corrected chi connectivity index (χ0v) is 19.8. The number of nitrogens with zero attached hydrogens (tertiary/aromatic N) is 2. The summed E-state index contributed by atoms with van der Waals surface area (Å²) in [5.41, 5.74) is 2.57. The molecule has 0 spiro atoms. The number of hydrogen-bond acceptors (Lipinski definition) is 5. The van der Waals surface area contributed by atoms with Gasteiger partial charge in [0.25, 0.3) is 5.91 Å². The number of amides is 2. The van der Waals surface area contributed by atoms with E-state index < -0.39 is 0 Å². The van der Waals surface area contributed by atoms with Gasteiger partial charge in [0, 0.05) is 51.6 Å². The molecule has 1 unspecified atom stereocenters. The Morgan fingerprint density at radius 1 is 1.19 bits per heavy atom. The second-order valence-corrected chi connectivity index (χ2v) is 9.82. The lowest BCUT2D eigenvalue weighted by Crippen LogP contribution is -2.37. The second kappa shape index (κ2) is 10.2.